The third-order valence-corrected chi connectivity index (χ3v) is 7.11. The highest BCUT2D eigenvalue weighted by Gasteiger charge is 2.31. The molecule has 1 amide bonds. The van der Waals surface area contributed by atoms with Gasteiger partial charge >= 0.3 is 0 Å². The molecule has 0 spiro atoms. The molecule has 1 saturated heterocycles. The minimum atomic E-state index is -3.98. The summed E-state index contributed by atoms with van der Waals surface area (Å²) in [5.41, 5.74) is 0.521. The lowest BCUT2D eigenvalue weighted by Gasteiger charge is -2.34. The minimum absolute atomic E-state index is 0.00836. The van der Waals surface area contributed by atoms with Gasteiger partial charge in [0.1, 0.15) is 0 Å². The fourth-order valence-electron chi connectivity index (χ4n) is 2.93. The Bertz CT molecular complexity index is 990. The van der Waals surface area contributed by atoms with Crippen LogP contribution in [0.15, 0.2) is 41.3 Å². The van der Waals surface area contributed by atoms with E-state index in [4.69, 9.17) is 23.2 Å². The highest BCUT2D eigenvalue weighted by atomic mass is 35.5. The number of nitrogens with zero attached hydrogens (tertiary/aromatic N) is 2. The molecule has 2 aromatic carbocycles. The summed E-state index contributed by atoms with van der Waals surface area (Å²) in [6.07, 6.45) is 0.00836. The molecule has 0 N–H and O–H groups in total. The molecule has 10 heteroatoms. The van der Waals surface area contributed by atoms with Gasteiger partial charge < -0.3 is 4.90 Å². The summed E-state index contributed by atoms with van der Waals surface area (Å²) >= 11 is 12.2. The SMILES string of the molecule is O=C(Cc1c(Cl)cccc1Cl)N1CCN(S(=O)(=O)c2ccc(F)c(F)c2)CC1. The standard InChI is InChI=1S/C18H16Cl2F2N2O3S/c19-14-2-1-3-15(20)13(14)11-18(25)23-6-8-24(9-7-23)28(26,27)12-4-5-16(21)17(22)10-12/h1-5,10H,6-9,11H2. The van der Waals surface area contributed by atoms with Gasteiger partial charge in [0, 0.05) is 36.2 Å². The van der Waals surface area contributed by atoms with Crippen molar-refractivity contribution in [3.63, 3.8) is 0 Å². The van der Waals surface area contributed by atoms with Crippen molar-refractivity contribution in [3.8, 4) is 0 Å². The molecule has 1 heterocycles. The Morgan fingerprint density at radius 1 is 0.964 bits per heavy atom. The molecule has 2 aromatic rings. The molecule has 28 heavy (non-hydrogen) atoms. The lowest BCUT2D eigenvalue weighted by Crippen LogP contribution is -2.50. The number of hydrogen-bond acceptors (Lipinski definition) is 3. The number of sulfonamides is 1. The number of piperazine rings is 1. The van der Waals surface area contributed by atoms with Gasteiger partial charge in [0.15, 0.2) is 11.6 Å². The van der Waals surface area contributed by atoms with E-state index in [0.717, 1.165) is 16.4 Å². The van der Waals surface area contributed by atoms with Crippen molar-refractivity contribution in [2.75, 3.05) is 26.2 Å². The largest absolute Gasteiger partial charge is 0.340 e. The van der Waals surface area contributed by atoms with E-state index < -0.39 is 21.7 Å². The van der Waals surface area contributed by atoms with Gasteiger partial charge in [0.2, 0.25) is 15.9 Å². The van der Waals surface area contributed by atoms with Crippen molar-refractivity contribution in [3.05, 3.63) is 63.6 Å². The molecule has 0 radical (unpaired) electrons. The molecule has 150 valence electrons. The van der Waals surface area contributed by atoms with Crippen molar-refractivity contribution in [1.29, 1.82) is 0 Å². The van der Waals surface area contributed by atoms with Crippen LogP contribution >= 0.6 is 23.2 Å². The van der Waals surface area contributed by atoms with Gasteiger partial charge in [0.25, 0.3) is 0 Å². The number of halogens is 4. The van der Waals surface area contributed by atoms with Crippen molar-refractivity contribution >= 4 is 39.1 Å². The molecule has 0 bridgehead atoms. The molecule has 0 saturated carbocycles. The molecule has 3 rings (SSSR count). The van der Waals surface area contributed by atoms with Crippen LogP contribution in [-0.2, 0) is 21.2 Å². The van der Waals surface area contributed by atoms with Gasteiger partial charge in [-0.05, 0) is 35.9 Å². The Morgan fingerprint density at radius 2 is 1.57 bits per heavy atom. The van der Waals surface area contributed by atoms with E-state index in [1.807, 2.05) is 0 Å². The molecular weight excluding hydrogens is 433 g/mol. The van der Waals surface area contributed by atoms with Crippen LogP contribution in [0.3, 0.4) is 0 Å². The Labute approximate surface area is 171 Å². The van der Waals surface area contributed by atoms with Crippen molar-refractivity contribution in [1.82, 2.24) is 9.21 Å². The molecule has 0 unspecified atom stereocenters. The Hall–Kier alpha value is -1.74. The maximum absolute atomic E-state index is 13.4. The predicted molar refractivity (Wildman–Crippen MR) is 102 cm³/mol. The van der Waals surface area contributed by atoms with E-state index in [2.05, 4.69) is 0 Å². The van der Waals surface area contributed by atoms with Gasteiger partial charge in [-0.3, -0.25) is 4.79 Å². The van der Waals surface area contributed by atoms with Crippen LogP contribution in [0.1, 0.15) is 5.56 Å². The van der Waals surface area contributed by atoms with E-state index in [1.165, 1.54) is 4.90 Å². The zero-order chi connectivity index (χ0) is 20.5. The first-order valence-corrected chi connectivity index (χ1v) is 10.6. The van der Waals surface area contributed by atoms with Crippen molar-refractivity contribution in [2.45, 2.75) is 11.3 Å². The zero-order valence-corrected chi connectivity index (χ0v) is 16.9. The molecule has 5 nitrogen and oxygen atoms in total. The second kappa shape index (κ2) is 8.32. The quantitative estimate of drug-likeness (QED) is 0.720. The summed E-state index contributed by atoms with van der Waals surface area (Å²) in [5, 5.41) is 0.779. The summed E-state index contributed by atoms with van der Waals surface area (Å²) in [5.74, 6) is -2.57. The van der Waals surface area contributed by atoms with Crippen molar-refractivity contribution in [2.24, 2.45) is 0 Å². The molecule has 0 aliphatic carbocycles. The van der Waals surface area contributed by atoms with E-state index in [-0.39, 0.29) is 43.4 Å². The van der Waals surface area contributed by atoms with Gasteiger partial charge in [0.05, 0.1) is 11.3 Å². The fraction of sp³-hybridized carbons (Fsp3) is 0.278. The molecular formula is C18H16Cl2F2N2O3S. The summed E-state index contributed by atoms with van der Waals surface area (Å²) in [7, 11) is -3.98. The third-order valence-electron chi connectivity index (χ3n) is 4.51. The number of carbonyl (C=O) groups is 1. The smallest absolute Gasteiger partial charge is 0.243 e. The van der Waals surface area contributed by atoms with Gasteiger partial charge in [-0.15, -0.1) is 0 Å². The van der Waals surface area contributed by atoms with Crippen LogP contribution in [0.4, 0.5) is 8.78 Å². The Morgan fingerprint density at radius 3 is 2.14 bits per heavy atom. The summed E-state index contributed by atoms with van der Waals surface area (Å²) in [6, 6.07) is 7.41. The van der Waals surface area contributed by atoms with Crippen LogP contribution in [0.5, 0.6) is 0 Å². The van der Waals surface area contributed by atoms with Crippen LogP contribution in [-0.4, -0.2) is 49.7 Å². The maximum Gasteiger partial charge on any atom is 0.243 e. The molecule has 0 atom stereocenters. The summed E-state index contributed by atoms with van der Waals surface area (Å²) in [6.45, 7) is 0.431. The van der Waals surface area contributed by atoms with Crippen LogP contribution < -0.4 is 0 Å². The van der Waals surface area contributed by atoms with Crippen LogP contribution in [0, 0.1) is 11.6 Å². The fourth-order valence-corrected chi connectivity index (χ4v) is 4.89. The first-order valence-electron chi connectivity index (χ1n) is 8.36. The molecule has 1 aliphatic heterocycles. The monoisotopic (exact) mass is 448 g/mol. The Balaban J connectivity index is 1.66. The third kappa shape index (κ3) is 4.30. The summed E-state index contributed by atoms with van der Waals surface area (Å²) in [4.78, 5) is 13.7. The Kier molecular flexibility index (Phi) is 6.24. The molecule has 0 aromatic heterocycles. The molecule has 1 aliphatic rings. The van der Waals surface area contributed by atoms with E-state index in [1.54, 1.807) is 18.2 Å². The lowest BCUT2D eigenvalue weighted by atomic mass is 10.1. The number of benzene rings is 2. The topological polar surface area (TPSA) is 57.7 Å². The first-order chi connectivity index (χ1) is 13.2. The maximum atomic E-state index is 13.4. The van der Waals surface area contributed by atoms with Gasteiger partial charge in [-0.2, -0.15) is 4.31 Å². The number of hydrogen-bond donors (Lipinski definition) is 0. The number of carbonyl (C=O) groups excluding carboxylic acids is 1. The molecule has 1 fully saturated rings. The summed E-state index contributed by atoms with van der Waals surface area (Å²) < 4.78 is 52.8. The van der Waals surface area contributed by atoms with Gasteiger partial charge in [-0.25, -0.2) is 17.2 Å². The highest BCUT2D eigenvalue weighted by molar-refractivity contribution is 7.89. The van der Waals surface area contributed by atoms with E-state index in [9.17, 15) is 22.0 Å². The van der Waals surface area contributed by atoms with Crippen LogP contribution in [0.2, 0.25) is 10.0 Å². The van der Waals surface area contributed by atoms with Crippen LogP contribution in [0.25, 0.3) is 0 Å². The minimum Gasteiger partial charge on any atom is -0.340 e. The predicted octanol–water partition coefficient (Wildman–Crippen LogP) is 3.35. The van der Waals surface area contributed by atoms with E-state index >= 15 is 0 Å². The number of amides is 1. The van der Waals surface area contributed by atoms with Gasteiger partial charge in [-0.1, -0.05) is 29.3 Å². The first kappa shape index (κ1) is 21.0. The zero-order valence-electron chi connectivity index (χ0n) is 14.5. The van der Waals surface area contributed by atoms with Crippen molar-refractivity contribution < 1.29 is 22.0 Å². The highest BCUT2D eigenvalue weighted by Crippen LogP contribution is 2.26. The normalized spacial score (nSPS) is 15.6. The lowest BCUT2D eigenvalue weighted by molar-refractivity contribution is -0.131. The second-order valence-electron chi connectivity index (χ2n) is 6.24. The average molecular weight is 449 g/mol. The second-order valence-corrected chi connectivity index (χ2v) is 8.99. The van der Waals surface area contributed by atoms with E-state index in [0.29, 0.717) is 21.7 Å². The average Bonchev–Trinajstić information content (AvgIpc) is 2.67. The number of rotatable bonds is 4.